The van der Waals surface area contributed by atoms with Gasteiger partial charge in [-0.05, 0) is 120 Å². The number of aliphatic hydroxyl groups excluding tert-OH is 11. The number of aliphatic carboxylic acids is 1. The van der Waals surface area contributed by atoms with Crippen molar-refractivity contribution in [3.05, 3.63) is 159 Å². The fourth-order valence-corrected chi connectivity index (χ4v) is 16.6. The van der Waals surface area contributed by atoms with Crippen LogP contribution in [0.4, 0.5) is 0 Å². The average Bonchev–Trinajstić information content (AvgIpc) is 0.751. The standard InChI is InChI=1S/C88H99Cl2N9O35/c1-33(2)9-6-4-5-7-12-58(108)94-67-75(116)72(113)56(31-101)131-87(67)134-79-51-10-8-11-52(79)128-50-18-14-36(22-47(50)90)78(133-86-66(93-34(3)103)74(115)71(112)55(30-100)130-86)68-84(123)97-64(85(124)125)44-26-40(105)27-54(129-88-77(118)76(117)73(114)57(32-102)132-88)60(44)45-21-38(23-49(107)69(45)110)63(82(121)99-68)95-59(109)29-92-81(120)62-37-19-39(104)25-42(20-37)127-53-24-35(13-17-48(53)106)61(91)80(119)98-65(83(122)96-62)70(111)43-16-15-41(126-51)28-46(43)89/h8,10-11,13-28,33,55-57,61-68,70-78,86-88,100-102,104-107,110-118H,4-7,9,12,29-32,91H2,1-3H3,(H,92,120)(H,93,103)(H,94,108)(H,95,109)(H,96,122)(H,97,123)(H,98,119)(H,99,121)(H,124,125)/t55-,56-,57-,61-,62+,63-,64?,65-,66-,67-,68+,70+,71-,72-,73-,74-,75-,76+,77+,78-,86+,87+,88+/m1/s1. The molecule has 8 aliphatic rings. The van der Waals surface area contributed by atoms with Crippen molar-refractivity contribution >= 4 is 76.4 Å². The van der Waals surface area contributed by atoms with Gasteiger partial charge in [0.25, 0.3) is 5.91 Å². The van der Waals surface area contributed by atoms with Crippen LogP contribution in [0.15, 0.2) is 115 Å². The van der Waals surface area contributed by atoms with Gasteiger partial charge in [-0.1, -0.05) is 80.9 Å². The van der Waals surface area contributed by atoms with Gasteiger partial charge in [-0.15, -0.1) is 0 Å². The summed E-state index contributed by atoms with van der Waals surface area (Å²) in [6.45, 7) is 0.576. The number of nitrogens with one attached hydrogen (secondary N) is 8. The largest absolute Gasteiger partial charge is 0.548 e. The zero-order valence-corrected chi connectivity index (χ0v) is 72.8. The number of quaternary nitrogens is 1. The van der Waals surface area contributed by atoms with Crippen LogP contribution >= 0.6 is 23.2 Å². The van der Waals surface area contributed by atoms with Gasteiger partial charge in [0.1, 0.15) is 144 Å². The van der Waals surface area contributed by atoms with Crippen molar-refractivity contribution in [2.45, 2.75) is 200 Å². The Morgan fingerprint density at radius 3 is 1.80 bits per heavy atom. The van der Waals surface area contributed by atoms with E-state index in [0.29, 0.717) is 37.0 Å². The van der Waals surface area contributed by atoms with Crippen LogP contribution in [0.5, 0.6) is 74.7 Å². The van der Waals surface area contributed by atoms with Crippen LogP contribution in [-0.4, -0.2) is 265 Å². The normalized spacial score (nSPS) is 28.5. The van der Waals surface area contributed by atoms with Gasteiger partial charge in [-0.3, -0.25) is 38.4 Å². The van der Waals surface area contributed by atoms with E-state index >= 15 is 24.0 Å². The van der Waals surface area contributed by atoms with Crippen molar-refractivity contribution in [2.75, 3.05) is 26.4 Å². The number of fused-ring (bicyclic) bond motifs is 10. The molecule has 8 aliphatic heterocycles. The first-order chi connectivity index (χ1) is 63.7. The number of rotatable bonds is 19. The van der Waals surface area contributed by atoms with Crippen LogP contribution in [0.25, 0.3) is 11.1 Å². The number of halogens is 2. The van der Waals surface area contributed by atoms with E-state index in [9.17, 15) is 106 Å². The number of hydrogen-bond donors (Lipinski definition) is 25. The lowest BCUT2D eigenvalue weighted by Crippen LogP contribution is -2.65. The lowest BCUT2D eigenvalue weighted by Gasteiger charge is -2.44. The van der Waals surface area contributed by atoms with Crippen molar-refractivity contribution in [3.63, 3.8) is 0 Å². The monoisotopic (exact) mass is 1910 g/mol. The summed E-state index contributed by atoms with van der Waals surface area (Å²) in [6, 6.07) is 1.88. The number of amides is 8. The number of aromatic hydroxyl groups is 5. The van der Waals surface area contributed by atoms with Gasteiger partial charge in [0.15, 0.2) is 46.8 Å². The van der Waals surface area contributed by atoms with Crippen molar-refractivity contribution in [3.8, 4) is 85.9 Å². The summed E-state index contributed by atoms with van der Waals surface area (Å²) in [4.78, 5) is 135. The van der Waals surface area contributed by atoms with Crippen LogP contribution in [0.2, 0.25) is 10.0 Å². The molecule has 0 aromatic heterocycles. The van der Waals surface area contributed by atoms with E-state index in [2.05, 4.69) is 62.1 Å². The molecule has 3 fully saturated rings. The SMILES string of the molecule is CC(=O)N[C@H]1[C@H](O[C@@H]2c3ccc(c(Cl)c3)Oc3cccc(c3O[C@@H]3O[C@H](CO)[C@@H](O)[C@H](O)[C@H]3NC(=O)CCCCCCC(C)C)Oc3ccc(c(Cl)c3)[C@H](O)[C@H]3NC(=O)[C@H]([NH3+])c4ccc(O)c(c4)Oc4cc(O)cc(c4)[C@H](NC3=O)C(=O)NCC(=O)N[C@H]3C(=O)N[C@@H]2C(=O)NC(C(=O)[O-])c2cc(O)cc(O[C@H]4O[C@H](CO)[C@@H](O)[C@H](O)[C@@H]4O)c2-c2cc3cc(O)c2O)O[C@H](CO)[C@@H](O)[C@@H]1O. The molecule has 44 nitrogen and oxygen atoms in total. The Hall–Kier alpha value is -12.3. The Labute approximate surface area is 770 Å². The Kier molecular flexibility index (Phi) is 31.5. The molecular formula is C88H99Cl2N9O35. The van der Waals surface area contributed by atoms with Gasteiger partial charge in [-0.2, -0.15) is 0 Å². The van der Waals surface area contributed by atoms with Crippen LogP contribution in [0, 0.1) is 5.92 Å². The van der Waals surface area contributed by atoms with Gasteiger partial charge in [-0.25, -0.2) is 0 Å². The molecule has 7 aromatic rings. The van der Waals surface area contributed by atoms with Crippen LogP contribution in [0.1, 0.15) is 129 Å². The van der Waals surface area contributed by atoms with E-state index in [-0.39, 0.29) is 34.8 Å². The number of carbonyl (C=O) groups excluding carboxylic acids is 9. The van der Waals surface area contributed by atoms with Crippen LogP contribution < -0.4 is 77.1 Å². The molecule has 0 aliphatic carbocycles. The summed E-state index contributed by atoms with van der Waals surface area (Å²) < 4.78 is 56.2. The number of carboxylic acids is 1. The Balaban J connectivity index is 1.03. The molecule has 134 heavy (non-hydrogen) atoms. The number of benzene rings is 7. The maximum atomic E-state index is 16.3. The van der Waals surface area contributed by atoms with E-state index in [1.54, 1.807) is 0 Å². The molecule has 3 saturated heterocycles. The van der Waals surface area contributed by atoms with Crippen molar-refractivity contribution in [2.24, 2.45) is 5.92 Å². The molecule has 720 valence electrons. The quantitative estimate of drug-likeness (QED) is 0.0311. The predicted octanol–water partition coefficient (Wildman–Crippen LogP) is -1.89. The number of phenols is 5. The molecule has 16 bridgehead atoms. The molecule has 8 amide bonds. The smallest absolute Gasteiger partial charge is 0.283 e. The summed E-state index contributed by atoms with van der Waals surface area (Å²) >= 11 is 14.4. The maximum Gasteiger partial charge on any atom is 0.283 e. The van der Waals surface area contributed by atoms with Gasteiger partial charge in [0, 0.05) is 47.7 Å². The molecule has 15 rings (SSSR count). The number of phenolic OH excluding ortho intramolecular Hbond substituents is 5. The first-order valence-electron chi connectivity index (χ1n) is 42.2. The molecule has 0 spiro atoms. The fraction of sp³-hybridized carbons (Fsp3) is 0.420. The number of carboxylic acid groups (broad SMARTS) is 1. The summed E-state index contributed by atoms with van der Waals surface area (Å²) in [6.07, 6.45) is -27.7. The minimum atomic E-state index is -2.79. The Morgan fingerprint density at radius 2 is 1.13 bits per heavy atom. The Morgan fingerprint density at radius 1 is 0.522 bits per heavy atom. The third-order valence-electron chi connectivity index (χ3n) is 23.1. The first kappa shape index (κ1) is 99.2. The number of para-hydroxylation sites is 1. The second-order valence-corrected chi connectivity index (χ2v) is 33.9. The number of ether oxygens (including phenoxy) is 9. The summed E-state index contributed by atoms with van der Waals surface area (Å²) in [5.74, 6) is -20.9. The Bertz CT molecular complexity index is 5570. The molecule has 23 atom stereocenters. The van der Waals surface area contributed by atoms with Crippen molar-refractivity contribution in [1.82, 2.24) is 42.5 Å². The minimum Gasteiger partial charge on any atom is -0.548 e. The second kappa shape index (κ2) is 42.5. The lowest BCUT2D eigenvalue weighted by atomic mass is 9.89. The van der Waals surface area contributed by atoms with E-state index in [1.165, 1.54) is 36.4 Å². The van der Waals surface area contributed by atoms with E-state index in [1.807, 2.05) is 0 Å². The van der Waals surface area contributed by atoms with Crippen LogP contribution in [0.3, 0.4) is 0 Å². The molecule has 8 heterocycles. The molecule has 7 aromatic carbocycles. The maximum absolute atomic E-state index is 16.3. The predicted molar refractivity (Wildman–Crippen MR) is 454 cm³/mol. The third-order valence-corrected chi connectivity index (χ3v) is 23.8. The first-order valence-corrected chi connectivity index (χ1v) is 43.0. The summed E-state index contributed by atoms with van der Waals surface area (Å²) in [5, 5.41) is 215. The summed E-state index contributed by atoms with van der Waals surface area (Å²) in [7, 11) is 0. The van der Waals surface area contributed by atoms with Crippen molar-refractivity contribution in [1.29, 1.82) is 0 Å². The van der Waals surface area contributed by atoms with E-state index in [4.69, 9.17) is 65.8 Å². The third kappa shape index (κ3) is 22.0. The van der Waals surface area contributed by atoms with E-state index in [0.717, 1.165) is 86.8 Å². The number of carbonyl (C=O) groups is 9. The molecule has 46 heteroatoms. The zero-order valence-electron chi connectivity index (χ0n) is 71.3. The lowest BCUT2D eigenvalue weighted by molar-refractivity contribution is -0.409. The molecule has 1 unspecified atom stereocenters. The molecule has 0 saturated carbocycles. The van der Waals surface area contributed by atoms with Gasteiger partial charge in [0.05, 0.1) is 48.4 Å². The number of hydrogen-bond acceptors (Lipinski definition) is 35. The molecule has 0 radical (unpaired) electrons. The van der Waals surface area contributed by atoms with Crippen molar-refractivity contribution < 1.29 is 178 Å². The molecule has 27 N–H and O–H groups in total. The highest BCUT2D eigenvalue weighted by molar-refractivity contribution is 6.32. The van der Waals surface area contributed by atoms with Gasteiger partial charge < -0.3 is 183 Å². The highest BCUT2D eigenvalue weighted by atomic mass is 35.5. The topological polar surface area (TPSA) is 707 Å². The number of unbranched alkanes of at least 4 members (excludes halogenated alkanes) is 3. The second-order valence-electron chi connectivity index (χ2n) is 33.1. The van der Waals surface area contributed by atoms with Crippen LogP contribution in [-0.2, 0) is 62.1 Å². The highest BCUT2D eigenvalue weighted by Gasteiger charge is 2.52. The van der Waals surface area contributed by atoms with E-state index < -0.39 is 321 Å². The zero-order chi connectivity index (χ0) is 96.9. The van der Waals surface area contributed by atoms with Gasteiger partial charge >= 0.3 is 0 Å². The number of aliphatic hydroxyl groups is 11. The minimum absolute atomic E-state index is 0.0325. The summed E-state index contributed by atoms with van der Waals surface area (Å²) in [5.41, 5.74) is -0.683. The fourth-order valence-electron chi connectivity index (χ4n) is 16.1. The highest BCUT2D eigenvalue weighted by Crippen LogP contribution is 2.51. The molecular weight excluding hydrogens is 1810 g/mol. The van der Waals surface area contributed by atoms with Gasteiger partial charge in [0.2, 0.25) is 59.7 Å². The average molecular weight is 1910 g/mol.